The summed E-state index contributed by atoms with van der Waals surface area (Å²) < 4.78 is 13.6. The highest BCUT2D eigenvalue weighted by molar-refractivity contribution is 7.92. The van der Waals surface area contributed by atoms with Gasteiger partial charge in [-0.25, -0.2) is 4.98 Å². The first kappa shape index (κ1) is 14.1. The van der Waals surface area contributed by atoms with E-state index in [0.717, 1.165) is 4.09 Å². The van der Waals surface area contributed by atoms with Gasteiger partial charge in [-0.2, -0.15) is 14.2 Å². The van der Waals surface area contributed by atoms with Crippen molar-refractivity contribution in [3.8, 4) is 0 Å². The molecule has 0 aromatic carbocycles. The number of nitrogens with one attached hydrogen (secondary N) is 1. The maximum atomic E-state index is 12.6. The largest absolute Gasteiger partial charge is 0.320 e. The standard InChI is InChI=1S/C11H10ClFN6OS/c1-2-8-10(20)16-7-4-14-11(12)17-9(7)19(8)6-3-15-18(5-6)21-13/h3-5,8H,2H2,1H3,(H,16,20). The summed E-state index contributed by atoms with van der Waals surface area (Å²) >= 11 is 5.81. The number of carbonyl (C=O) groups is 1. The Bertz CT molecular complexity index is 695. The number of amides is 1. The summed E-state index contributed by atoms with van der Waals surface area (Å²) in [6, 6.07) is -0.481. The summed E-state index contributed by atoms with van der Waals surface area (Å²) in [6.07, 6.45) is 4.93. The van der Waals surface area contributed by atoms with Gasteiger partial charge in [0.1, 0.15) is 11.7 Å². The highest BCUT2D eigenvalue weighted by atomic mass is 35.5. The summed E-state index contributed by atoms with van der Waals surface area (Å²) in [5.41, 5.74) is 1.01. The molecule has 0 bridgehead atoms. The van der Waals surface area contributed by atoms with E-state index < -0.39 is 6.04 Å². The van der Waals surface area contributed by atoms with Gasteiger partial charge in [-0.05, 0) is 18.0 Å². The maximum absolute atomic E-state index is 12.6. The first-order valence-corrected chi connectivity index (χ1v) is 7.15. The number of halogens is 2. The van der Waals surface area contributed by atoms with Gasteiger partial charge in [0.2, 0.25) is 11.2 Å². The van der Waals surface area contributed by atoms with Crippen molar-refractivity contribution in [3.63, 3.8) is 0 Å². The van der Waals surface area contributed by atoms with Crippen LogP contribution in [0, 0.1) is 0 Å². The molecule has 7 nitrogen and oxygen atoms in total. The van der Waals surface area contributed by atoms with Gasteiger partial charge in [0.05, 0.1) is 24.3 Å². The van der Waals surface area contributed by atoms with Crippen LogP contribution in [0.4, 0.5) is 21.1 Å². The van der Waals surface area contributed by atoms with E-state index in [1.807, 2.05) is 6.92 Å². The summed E-state index contributed by atoms with van der Waals surface area (Å²) in [5.74, 6) is 0.279. The second kappa shape index (κ2) is 5.49. The topological polar surface area (TPSA) is 75.9 Å². The molecular weight excluding hydrogens is 319 g/mol. The van der Waals surface area contributed by atoms with Crippen LogP contribution in [0.1, 0.15) is 13.3 Å². The zero-order chi connectivity index (χ0) is 15.0. The van der Waals surface area contributed by atoms with E-state index in [4.69, 9.17) is 11.6 Å². The van der Waals surface area contributed by atoms with Crippen molar-refractivity contribution in [2.75, 3.05) is 10.2 Å². The minimum Gasteiger partial charge on any atom is -0.320 e. The van der Waals surface area contributed by atoms with Gasteiger partial charge in [0.15, 0.2) is 18.2 Å². The Balaban J connectivity index is 2.14. The number of hydrogen-bond acceptors (Lipinski definition) is 6. The Hall–Kier alpha value is -1.87. The zero-order valence-electron chi connectivity index (χ0n) is 10.8. The molecule has 3 rings (SSSR count). The fourth-order valence-electron chi connectivity index (χ4n) is 2.23. The van der Waals surface area contributed by atoms with Gasteiger partial charge in [-0.3, -0.25) is 4.79 Å². The molecule has 0 aliphatic carbocycles. The third-order valence-electron chi connectivity index (χ3n) is 3.12. The Morgan fingerprint density at radius 3 is 3.00 bits per heavy atom. The summed E-state index contributed by atoms with van der Waals surface area (Å²) in [4.78, 5) is 21.9. The first-order chi connectivity index (χ1) is 10.1. The van der Waals surface area contributed by atoms with Crippen molar-refractivity contribution >= 4 is 47.0 Å². The second-order valence-electron chi connectivity index (χ2n) is 4.33. The van der Waals surface area contributed by atoms with Gasteiger partial charge < -0.3 is 10.2 Å². The minimum absolute atomic E-state index is 0.0328. The second-order valence-corrected chi connectivity index (χ2v) is 5.18. The summed E-state index contributed by atoms with van der Waals surface area (Å²) in [5, 5.41) is 6.66. The molecule has 1 atom stereocenters. The van der Waals surface area contributed by atoms with E-state index >= 15 is 0 Å². The van der Waals surface area contributed by atoms with Crippen molar-refractivity contribution in [3.05, 3.63) is 23.9 Å². The molecule has 2 aromatic heterocycles. The fourth-order valence-corrected chi connectivity index (χ4v) is 2.59. The molecule has 2 aromatic rings. The average Bonchev–Trinajstić information content (AvgIpc) is 2.95. The van der Waals surface area contributed by atoms with Crippen LogP contribution in [0.2, 0.25) is 5.28 Å². The number of hydrogen-bond donors (Lipinski definition) is 1. The number of aromatic nitrogens is 4. The molecule has 0 saturated carbocycles. The van der Waals surface area contributed by atoms with Gasteiger partial charge in [-0.15, -0.1) is 3.89 Å². The van der Waals surface area contributed by atoms with Crippen LogP contribution in [0.5, 0.6) is 0 Å². The van der Waals surface area contributed by atoms with Crippen molar-refractivity contribution in [1.29, 1.82) is 0 Å². The number of anilines is 3. The SMILES string of the molecule is CCC1C(=O)Nc2cnc(Cl)nc2N1c1cnn(SF)c1. The predicted octanol–water partition coefficient (Wildman–Crippen LogP) is 2.58. The average molecular weight is 329 g/mol. The summed E-state index contributed by atoms with van der Waals surface area (Å²) in [6.45, 7) is 1.87. The quantitative estimate of drug-likeness (QED) is 0.873. The fraction of sp³-hybridized carbons (Fsp3) is 0.273. The number of nitrogens with zero attached hydrogens (tertiary/aromatic N) is 5. The molecule has 10 heteroatoms. The highest BCUT2D eigenvalue weighted by Crippen LogP contribution is 2.37. The predicted molar refractivity (Wildman–Crippen MR) is 78.2 cm³/mol. The monoisotopic (exact) mass is 328 g/mol. The van der Waals surface area contributed by atoms with E-state index in [9.17, 15) is 8.68 Å². The lowest BCUT2D eigenvalue weighted by Crippen LogP contribution is -2.45. The van der Waals surface area contributed by atoms with Crippen molar-refractivity contribution in [2.45, 2.75) is 19.4 Å². The lowest BCUT2D eigenvalue weighted by atomic mass is 10.1. The number of carbonyl (C=O) groups excluding carboxylic acids is 1. The van der Waals surface area contributed by atoms with Crippen LogP contribution >= 0.6 is 23.9 Å². The third-order valence-corrected chi connectivity index (χ3v) is 3.64. The van der Waals surface area contributed by atoms with E-state index in [2.05, 4.69) is 20.4 Å². The lowest BCUT2D eigenvalue weighted by molar-refractivity contribution is -0.117. The van der Waals surface area contributed by atoms with Crippen molar-refractivity contribution < 1.29 is 8.68 Å². The van der Waals surface area contributed by atoms with Crippen LogP contribution in [0.15, 0.2) is 18.6 Å². The smallest absolute Gasteiger partial charge is 0.247 e. The van der Waals surface area contributed by atoms with Gasteiger partial charge in [0.25, 0.3) is 0 Å². The van der Waals surface area contributed by atoms with E-state index in [0.29, 0.717) is 23.6 Å². The molecule has 0 fully saturated rings. The van der Waals surface area contributed by atoms with Crippen LogP contribution in [-0.4, -0.2) is 31.1 Å². The molecule has 0 radical (unpaired) electrons. The third kappa shape index (κ3) is 2.42. The molecule has 110 valence electrons. The Morgan fingerprint density at radius 1 is 1.52 bits per heavy atom. The molecule has 0 spiro atoms. The number of fused-ring (bicyclic) bond motifs is 1. The van der Waals surface area contributed by atoms with E-state index in [1.54, 1.807) is 4.90 Å². The van der Waals surface area contributed by atoms with E-state index in [-0.39, 0.29) is 23.5 Å². The molecule has 0 saturated heterocycles. The van der Waals surface area contributed by atoms with Gasteiger partial charge in [-0.1, -0.05) is 6.92 Å². The number of rotatable bonds is 3. The normalized spacial score (nSPS) is 17.6. The minimum atomic E-state index is -0.481. The molecule has 3 heterocycles. The van der Waals surface area contributed by atoms with Crippen LogP contribution in [0.3, 0.4) is 0 Å². The first-order valence-electron chi connectivity index (χ1n) is 6.10. The molecule has 1 N–H and O–H groups in total. The van der Waals surface area contributed by atoms with Gasteiger partial charge >= 0.3 is 0 Å². The van der Waals surface area contributed by atoms with Crippen molar-refractivity contribution in [2.24, 2.45) is 0 Å². The van der Waals surface area contributed by atoms with E-state index in [1.165, 1.54) is 18.6 Å². The molecule has 1 unspecified atom stereocenters. The van der Waals surface area contributed by atoms with Crippen LogP contribution in [0.25, 0.3) is 0 Å². The summed E-state index contributed by atoms with van der Waals surface area (Å²) in [7, 11) is 0. The molecule has 21 heavy (non-hydrogen) atoms. The van der Waals surface area contributed by atoms with Crippen LogP contribution < -0.4 is 10.2 Å². The molecule has 1 aliphatic rings. The Morgan fingerprint density at radius 2 is 2.33 bits per heavy atom. The maximum Gasteiger partial charge on any atom is 0.247 e. The highest BCUT2D eigenvalue weighted by Gasteiger charge is 2.35. The molecular formula is C11H10ClFN6OS. The molecule has 1 amide bonds. The molecule has 1 aliphatic heterocycles. The Labute approximate surface area is 128 Å². The zero-order valence-corrected chi connectivity index (χ0v) is 12.4. The van der Waals surface area contributed by atoms with Crippen molar-refractivity contribution in [1.82, 2.24) is 19.2 Å². The van der Waals surface area contributed by atoms with Crippen LogP contribution in [-0.2, 0) is 4.79 Å². The van der Waals surface area contributed by atoms with Gasteiger partial charge in [0, 0.05) is 0 Å². The lowest BCUT2D eigenvalue weighted by Gasteiger charge is -2.35. The Kier molecular flexibility index (Phi) is 3.68.